The number of carbonyl (C=O) groups is 1. The Balaban J connectivity index is 1.80. The number of halogens is 1. The summed E-state index contributed by atoms with van der Waals surface area (Å²) in [5.41, 5.74) is 1.50. The van der Waals surface area contributed by atoms with Crippen LogP contribution >= 0.6 is 0 Å². The lowest BCUT2D eigenvalue weighted by Gasteiger charge is -2.12. The molecule has 2 N–H and O–H groups in total. The van der Waals surface area contributed by atoms with Crippen molar-refractivity contribution in [1.29, 1.82) is 0 Å². The van der Waals surface area contributed by atoms with Crippen LogP contribution in [0.1, 0.15) is 21.5 Å². The van der Waals surface area contributed by atoms with Gasteiger partial charge in [-0.25, -0.2) is 12.8 Å². The molecule has 0 fully saturated rings. The number of methoxy groups -OCH3 is 1. The summed E-state index contributed by atoms with van der Waals surface area (Å²) >= 11 is 0. The number of nitrogens with one attached hydrogen (secondary N) is 2. The number of anilines is 1. The molecule has 3 aromatic rings. The van der Waals surface area contributed by atoms with Crippen molar-refractivity contribution in [2.24, 2.45) is 0 Å². The lowest BCUT2D eigenvalue weighted by atomic mass is 10.1. The van der Waals surface area contributed by atoms with E-state index in [-0.39, 0.29) is 22.7 Å². The summed E-state index contributed by atoms with van der Waals surface area (Å²) in [6.45, 7) is 1.96. The van der Waals surface area contributed by atoms with Crippen LogP contribution in [0.3, 0.4) is 0 Å². The monoisotopic (exact) mass is 428 g/mol. The maximum Gasteiger partial charge on any atom is 0.262 e. The first-order chi connectivity index (χ1) is 14.3. The van der Waals surface area contributed by atoms with Crippen LogP contribution in [0.2, 0.25) is 0 Å². The lowest BCUT2D eigenvalue weighted by Crippen LogP contribution is -2.24. The molecule has 0 bridgehead atoms. The van der Waals surface area contributed by atoms with E-state index in [1.54, 1.807) is 26.2 Å². The first-order valence-electron chi connectivity index (χ1n) is 9.09. The predicted octanol–water partition coefficient (Wildman–Crippen LogP) is 3.87. The molecule has 0 spiro atoms. The van der Waals surface area contributed by atoms with Gasteiger partial charge in [-0.2, -0.15) is 0 Å². The van der Waals surface area contributed by atoms with Gasteiger partial charge >= 0.3 is 0 Å². The lowest BCUT2D eigenvalue weighted by molar-refractivity contribution is 0.0950. The highest BCUT2D eigenvalue weighted by Gasteiger charge is 2.19. The molecule has 0 saturated carbocycles. The van der Waals surface area contributed by atoms with Gasteiger partial charge in [0.15, 0.2) is 0 Å². The van der Waals surface area contributed by atoms with Crippen LogP contribution in [0.25, 0.3) is 0 Å². The summed E-state index contributed by atoms with van der Waals surface area (Å²) in [7, 11) is -2.51. The van der Waals surface area contributed by atoms with Gasteiger partial charge in [0.2, 0.25) is 0 Å². The number of hydrogen-bond donors (Lipinski definition) is 2. The van der Waals surface area contributed by atoms with E-state index >= 15 is 0 Å². The predicted molar refractivity (Wildman–Crippen MR) is 113 cm³/mol. The second-order valence-electron chi connectivity index (χ2n) is 6.60. The minimum Gasteiger partial charge on any atom is -0.497 e. The van der Waals surface area contributed by atoms with Gasteiger partial charge in [0, 0.05) is 12.1 Å². The van der Waals surface area contributed by atoms with Crippen LogP contribution in [0.4, 0.5) is 10.1 Å². The van der Waals surface area contributed by atoms with Gasteiger partial charge in [-0.1, -0.05) is 30.3 Å². The van der Waals surface area contributed by atoms with Gasteiger partial charge in [-0.3, -0.25) is 9.52 Å². The number of hydrogen-bond acceptors (Lipinski definition) is 4. The van der Waals surface area contributed by atoms with Crippen molar-refractivity contribution in [2.75, 3.05) is 11.8 Å². The molecule has 3 aromatic carbocycles. The van der Waals surface area contributed by atoms with Gasteiger partial charge < -0.3 is 10.1 Å². The van der Waals surface area contributed by atoms with Crippen molar-refractivity contribution < 1.29 is 22.3 Å². The first-order valence-corrected chi connectivity index (χ1v) is 10.6. The number of rotatable bonds is 7. The topological polar surface area (TPSA) is 84.5 Å². The zero-order valence-corrected chi connectivity index (χ0v) is 17.3. The Kier molecular flexibility index (Phi) is 6.37. The third-order valence-corrected chi connectivity index (χ3v) is 5.83. The van der Waals surface area contributed by atoms with Crippen LogP contribution in [0.15, 0.2) is 71.6 Å². The van der Waals surface area contributed by atoms with E-state index in [1.807, 2.05) is 12.1 Å². The molecule has 0 aliphatic rings. The Morgan fingerprint density at radius 2 is 1.80 bits per heavy atom. The number of amides is 1. The zero-order valence-electron chi connectivity index (χ0n) is 16.5. The summed E-state index contributed by atoms with van der Waals surface area (Å²) in [5.74, 6) is -0.437. The number of sulfonamides is 1. The van der Waals surface area contributed by atoms with E-state index in [0.29, 0.717) is 11.3 Å². The van der Waals surface area contributed by atoms with Crippen molar-refractivity contribution in [2.45, 2.75) is 18.4 Å². The van der Waals surface area contributed by atoms with E-state index in [2.05, 4.69) is 10.0 Å². The molecule has 30 heavy (non-hydrogen) atoms. The molecule has 0 atom stereocenters. The Hall–Kier alpha value is -3.39. The maximum atomic E-state index is 13.8. The maximum absolute atomic E-state index is 13.8. The fourth-order valence-corrected chi connectivity index (χ4v) is 3.91. The quantitative estimate of drug-likeness (QED) is 0.598. The van der Waals surface area contributed by atoms with Gasteiger partial charge in [0.05, 0.1) is 17.7 Å². The van der Waals surface area contributed by atoms with E-state index in [1.165, 1.54) is 36.4 Å². The molecule has 0 aromatic heterocycles. The summed E-state index contributed by atoms with van der Waals surface area (Å²) in [5, 5.41) is 2.78. The highest BCUT2D eigenvalue weighted by Crippen LogP contribution is 2.21. The zero-order chi connectivity index (χ0) is 21.7. The molecule has 0 radical (unpaired) electrons. The fraction of sp³-hybridized carbons (Fsp3) is 0.136. The molecule has 0 heterocycles. The summed E-state index contributed by atoms with van der Waals surface area (Å²) in [6.07, 6.45) is 0. The van der Waals surface area contributed by atoms with Crippen LogP contribution < -0.4 is 14.8 Å². The summed E-state index contributed by atoms with van der Waals surface area (Å²) in [4.78, 5) is 12.5. The molecule has 3 rings (SSSR count). The number of benzene rings is 3. The number of aryl methyl sites for hydroxylation is 1. The average Bonchev–Trinajstić information content (AvgIpc) is 2.74. The molecule has 0 unspecified atom stereocenters. The molecule has 0 saturated heterocycles. The van der Waals surface area contributed by atoms with Crippen LogP contribution in [-0.2, 0) is 16.6 Å². The SMILES string of the molecule is COc1cccc(CNC(=O)c2cc(S(=O)(=O)Nc3ccccc3F)ccc2C)c1. The molecule has 1 amide bonds. The Morgan fingerprint density at radius 3 is 2.53 bits per heavy atom. The Labute approximate surface area is 174 Å². The Morgan fingerprint density at radius 1 is 1.03 bits per heavy atom. The van der Waals surface area contributed by atoms with Crippen molar-refractivity contribution in [3.63, 3.8) is 0 Å². The van der Waals surface area contributed by atoms with E-state index < -0.39 is 21.7 Å². The second-order valence-corrected chi connectivity index (χ2v) is 8.28. The van der Waals surface area contributed by atoms with E-state index in [9.17, 15) is 17.6 Å². The summed E-state index contributed by atoms with van der Waals surface area (Å²) in [6, 6.07) is 16.9. The number of carbonyl (C=O) groups excluding carboxylic acids is 1. The third kappa shape index (κ3) is 4.96. The highest BCUT2D eigenvalue weighted by molar-refractivity contribution is 7.92. The fourth-order valence-electron chi connectivity index (χ4n) is 2.82. The molecule has 0 aliphatic heterocycles. The van der Waals surface area contributed by atoms with Gasteiger partial charge in [0.1, 0.15) is 11.6 Å². The van der Waals surface area contributed by atoms with Crippen molar-refractivity contribution >= 4 is 21.6 Å². The molecule has 156 valence electrons. The largest absolute Gasteiger partial charge is 0.497 e. The first kappa shape index (κ1) is 21.3. The van der Waals surface area contributed by atoms with E-state index in [0.717, 1.165) is 11.6 Å². The number of para-hydroxylation sites is 1. The van der Waals surface area contributed by atoms with Crippen LogP contribution in [0, 0.1) is 12.7 Å². The Bertz CT molecular complexity index is 1180. The second kappa shape index (κ2) is 8.96. The average molecular weight is 428 g/mol. The van der Waals surface area contributed by atoms with Crippen molar-refractivity contribution in [3.05, 3.63) is 89.2 Å². The van der Waals surface area contributed by atoms with Gasteiger partial charge in [-0.15, -0.1) is 0 Å². The standard InChI is InChI=1S/C22H21FN2O4S/c1-15-10-11-18(30(27,28)25-21-9-4-3-8-20(21)23)13-19(15)22(26)24-14-16-6-5-7-17(12-16)29-2/h3-13,25H,14H2,1-2H3,(H,24,26). The minimum absolute atomic E-state index is 0.136. The van der Waals surface area contributed by atoms with Crippen molar-refractivity contribution in [3.8, 4) is 5.75 Å². The van der Waals surface area contributed by atoms with Crippen LogP contribution in [-0.4, -0.2) is 21.4 Å². The van der Waals surface area contributed by atoms with Gasteiger partial charge in [0.25, 0.3) is 15.9 Å². The molecular formula is C22H21FN2O4S. The molecule has 0 aliphatic carbocycles. The summed E-state index contributed by atoms with van der Waals surface area (Å²) < 4.78 is 46.5. The van der Waals surface area contributed by atoms with Crippen molar-refractivity contribution in [1.82, 2.24) is 5.32 Å². The third-order valence-electron chi connectivity index (χ3n) is 4.47. The minimum atomic E-state index is -4.07. The normalized spacial score (nSPS) is 11.0. The van der Waals surface area contributed by atoms with E-state index in [4.69, 9.17) is 4.74 Å². The van der Waals surface area contributed by atoms with Gasteiger partial charge in [-0.05, 0) is 54.4 Å². The molecule has 6 nitrogen and oxygen atoms in total. The molecular weight excluding hydrogens is 407 g/mol. The van der Waals surface area contributed by atoms with Crippen LogP contribution in [0.5, 0.6) is 5.75 Å². The number of ether oxygens (including phenoxy) is 1. The highest BCUT2D eigenvalue weighted by atomic mass is 32.2. The smallest absolute Gasteiger partial charge is 0.262 e. The molecule has 8 heteroatoms.